The molecule has 1 unspecified atom stereocenters. The Kier molecular flexibility index (Phi) is 8.33. The lowest BCUT2D eigenvalue weighted by Gasteiger charge is -2.31. The van der Waals surface area contributed by atoms with Gasteiger partial charge in [0.15, 0.2) is 5.82 Å². The van der Waals surface area contributed by atoms with Crippen LogP contribution < -0.4 is 15.2 Å². The van der Waals surface area contributed by atoms with Gasteiger partial charge in [0, 0.05) is 36.9 Å². The molecule has 4 aromatic rings. The number of alkyl halides is 4. The number of carbonyl (C=O) groups is 1. The summed E-state index contributed by atoms with van der Waals surface area (Å²) in [6.07, 6.45) is -3.91. The highest BCUT2D eigenvalue weighted by Crippen LogP contribution is 2.48. The molecule has 0 radical (unpaired) electrons. The fourth-order valence-corrected chi connectivity index (χ4v) is 8.57. The van der Waals surface area contributed by atoms with E-state index < -0.39 is 81.2 Å². The summed E-state index contributed by atoms with van der Waals surface area (Å²) >= 11 is 0.660. The van der Waals surface area contributed by atoms with Gasteiger partial charge >= 0.3 is 12.2 Å². The van der Waals surface area contributed by atoms with Gasteiger partial charge < -0.3 is 20.1 Å². The van der Waals surface area contributed by atoms with Gasteiger partial charge in [-0.2, -0.15) is 28.4 Å². The van der Waals surface area contributed by atoms with Crippen LogP contribution in [0.3, 0.4) is 0 Å². The van der Waals surface area contributed by atoms with Gasteiger partial charge in [0.25, 0.3) is 0 Å². The zero-order valence-corrected chi connectivity index (χ0v) is 27.4. The van der Waals surface area contributed by atoms with E-state index in [2.05, 4.69) is 16.5 Å². The highest BCUT2D eigenvalue weighted by atomic mass is 32.1. The maximum absolute atomic E-state index is 17.0. The Balaban J connectivity index is 1.42. The molecule has 0 saturated carbocycles. The Morgan fingerprint density at radius 2 is 2.06 bits per heavy atom. The molecule has 3 aliphatic rings. The van der Waals surface area contributed by atoms with Gasteiger partial charge in [0.2, 0.25) is 11.8 Å². The molecule has 3 fully saturated rings. The summed E-state index contributed by atoms with van der Waals surface area (Å²) in [5.74, 6) is -3.07. The number of hydrogen-bond donors (Lipinski definition) is 1. The zero-order valence-electron chi connectivity index (χ0n) is 26.6. The molecular weight excluding hydrogens is 686 g/mol. The summed E-state index contributed by atoms with van der Waals surface area (Å²) in [4.78, 5) is 24.4. The summed E-state index contributed by atoms with van der Waals surface area (Å²) in [6.45, 7) is 6.30. The van der Waals surface area contributed by atoms with Crippen LogP contribution in [-0.2, 0) is 11.0 Å². The number of nitrogen functional groups attached to an aromatic ring is 1. The number of nitriles is 1. The van der Waals surface area contributed by atoms with Crippen molar-refractivity contribution in [2.24, 2.45) is 0 Å². The van der Waals surface area contributed by atoms with Gasteiger partial charge in [-0.25, -0.2) is 13.2 Å². The Morgan fingerprint density at radius 3 is 2.78 bits per heavy atom. The molecule has 5 heterocycles. The highest BCUT2D eigenvalue weighted by Gasteiger charge is 2.49. The van der Waals surface area contributed by atoms with E-state index in [4.69, 9.17) is 15.2 Å². The van der Waals surface area contributed by atoms with E-state index >= 15 is 4.39 Å². The number of carbonyl (C=O) groups excluding carboxylic acids is 1. The number of halogens is 6. The lowest BCUT2D eigenvalue weighted by molar-refractivity contribution is -0.137. The molecule has 9 nitrogen and oxygen atoms in total. The minimum atomic E-state index is -5.16. The number of aromatic nitrogens is 2. The number of ether oxygens (including phenoxy) is 2. The second kappa shape index (κ2) is 12.3. The van der Waals surface area contributed by atoms with E-state index in [1.54, 1.807) is 13.0 Å². The van der Waals surface area contributed by atoms with Crippen LogP contribution in [0.25, 0.3) is 32.1 Å². The first-order chi connectivity index (χ1) is 23.8. The van der Waals surface area contributed by atoms with E-state index in [0.29, 0.717) is 30.4 Å². The van der Waals surface area contributed by atoms with Crippen LogP contribution in [0.1, 0.15) is 43.7 Å². The molecule has 1 amide bonds. The summed E-state index contributed by atoms with van der Waals surface area (Å²) in [5, 5.41) is 8.95. The normalized spacial score (nSPS) is 23.8. The maximum atomic E-state index is 17.0. The molecule has 2 aromatic heterocycles. The van der Waals surface area contributed by atoms with Crippen LogP contribution in [0.15, 0.2) is 30.9 Å². The number of anilines is 1. The van der Waals surface area contributed by atoms with Crippen molar-refractivity contribution in [3.8, 4) is 29.1 Å². The summed E-state index contributed by atoms with van der Waals surface area (Å²) in [7, 11) is 0. The number of rotatable bonds is 7. The average molecular weight is 717 g/mol. The topological polar surface area (TPSA) is 118 Å². The SMILES string of the molecule is C=CC(=O)N1CC[C@@H](Oc2nc(OCC34CCCN3C[C@H](F)C4)nc3c(F)c(-c4ccc(F)c5sc(N)c(C#N)c45)c(C(F)(F)F)cc23)[C@H]1C. The lowest BCUT2D eigenvalue weighted by atomic mass is 9.92. The summed E-state index contributed by atoms with van der Waals surface area (Å²) < 4.78 is 103. The van der Waals surface area contributed by atoms with Crippen LogP contribution in [-0.4, -0.2) is 75.8 Å². The zero-order chi connectivity index (χ0) is 35.7. The number of nitrogens with two attached hydrogens (primary N) is 1. The van der Waals surface area contributed by atoms with Crippen molar-refractivity contribution in [2.45, 2.75) is 62.6 Å². The van der Waals surface area contributed by atoms with Crippen molar-refractivity contribution in [2.75, 3.05) is 32.0 Å². The van der Waals surface area contributed by atoms with Crippen molar-refractivity contribution in [3.05, 3.63) is 53.6 Å². The van der Waals surface area contributed by atoms with Crippen LogP contribution >= 0.6 is 11.3 Å². The quantitative estimate of drug-likeness (QED) is 0.165. The first kappa shape index (κ1) is 33.9. The Labute approximate surface area is 285 Å². The van der Waals surface area contributed by atoms with E-state index in [1.165, 1.54) is 4.90 Å². The Morgan fingerprint density at radius 1 is 1.28 bits per heavy atom. The minimum absolute atomic E-state index is 0.0623. The number of thiophene rings is 1. The molecule has 0 spiro atoms. The van der Waals surface area contributed by atoms with Gasteiger partial charge in [-0.1, -0.05) is 12.6 Å². The first-order valence-corrected chi connectivity index (χ1v) is 16.7. The predicted octanol–water partition coefficient (Wildman–Crippen LogP) is 6.77. The Hall–Kier alpha value is -4.62. The number of benzene rings is 2. The number of likely N-dealkylation sites (tertiary alicyclic amines) is 1. The van der Waals surface area contributed by atoms with Gasteiger partial charge in [-0.3, -0.25) is 9.69 Å². The van der Waals surface area contributed by atoms with Crippen molar-refractivity contribution >= 4 is 43.2 Å². The van der Waals surface area contributed by atoms with Crippen molar-refractivity contribution < 1.29 is 40.6 Å². The lowest BCUT2D eigenvalue weighted by Crippen LogP contribution is -2.43. The molecule has 2 N–H and O–H groups in total. The van der Waals surface area contributed by atoms with Gasteiger partial charge in [-0.05, 0) is 50.1 Å². The van der Waals surface area contributed by atoms with Crippen LogP contribution in [0.2, 0.25) is 0 Å². The van der Waals surface area contributed by atoms with Crippen LogP contribution in [0.5, 0.6) is 11.9 Å². The minimum Gasteiger partial charge on any atom is -0.471 e. The molecule has 50 heavy (non-hydrogen) atoms. The molecule has 3 aliphatic heterocycles. The van der Waals surface area contributed by atoms with E-state index in [9.17, 15) is 32.0 Å². The first-order valence-electron chi connectivity index (χ1n) is 15.9. The number of fused-ring (bicyclic) bond motifs is 3. The summed E-state index contributed by atoms with van der Waals surface area (Å²) in [6, 6.07) is 3.34. The molecule has 0 bridgehead atoms. The van der Waals surface area contributed by atoms with E-state index in [1.807, 2.05) is 4.90 Å². The maximum Gasteiger partial charge on any atom is 0.417 e. The fraction of sp³-hybridized carbons (Fsp3) is 0.412. The van der Waals surface area contributed by atoms with Gasteiger partial charge in [0.05, 0.1) is 32.8 Å². The van der Waals surface area contributed by atoms with Crippen molar-refractivity contribution in [1.29, 1.82) is 5.26 Å². The molecule has 16 heteroatoms. The molecule has 3 saturated heterocycles. The predicted molar refractivity (Wildman–Crippen MR) is 173 cm³/mol. The largest absolute Gasteiger partial charge is 0.471 e. The molecule has 262 valence electrons. The second-order valence-corrected chi connectivity index (χ2v) is 13.9. The average Bonchev–Trinajstić information content (AvgIpc) is 3.81. The van der Waals surface area contributed by atoms with Gasteiger partial charge in [-0.15, -0.1) is 11.3 Å². The highest BCUT2D eigenvalue weighted by molar-refractivity contribution is 7.23. The Bertz CT molecular complexity index is 2100. The number of hydrogen-bond acceptors (Lipinski definition) is 9. The fourth-order valence-electron chi connectivity index (χ4n) is 7.62. The number of nitrogens with zero attached hydrogens (tertiary/aromatic N) is 5. The smallest absolute Gasteiger partial charge is 0.417 e. The molecule has 7 rings (SSSR count). The standard InChI is InChI=1S/C34H30F6N6O3S/c1-3-24(47)46-10-7-23(16(46)2)49-31-19-11-21(34(38,39)40)26(18-5-6-22(36)29-25(18)20(13-41)30(42)50-29)27(37)28(19)43-32(44-31)48-15-33-8-4-9-45(33)14-17(35)12-33/h3,5-6,11,16-17,23H,1,4,7-10,12,14-15,42H2,2H3/t16-,17-,23-,33?/m1/s1. The monoisotopic (exact) mass is 716 g/mol. The molecule has 4 atom stereocenters. The molecular formula is C34H30F6N6O3S. The van der Waals surface area contributed by atoms with Crippen LogP contribution in [0.4, 0.5) is 31.3 Å². The van der Waals surface area contributed by atoms with E-state index in [-0.39, 0.29) is 59.1 Å². The number of amides is 1. The van der Waals surface area contributed by atoms with Crippen molar-refractivity contribution in [1.82, 2.24) is 19.8 Å². The van der Waals surface area contributed by atoms with Crippen molar-refractivity contribution in [3.63, 3.8) is 0 Å². The third kappa shape index (κ3) is 5.47. The summed E-state index contributed by atoms with van der Waals surface area (Å²) in [5.41, 5.74) is 1.56. The second-order valence-electron chi connectivity index (χ2n) is 12.9. The van der Waals surface area contributed by atoms with Gasteiger partial charge in [0.1, 0.15) is 41.3 Å². The molecule has 2 aromatic carbocycles. The third-order valence-electron chi connectivity index (χ3n) is 10.0. The van der Waals surface area contributed by atoms with Crippen LogP contribution in [0, 0.1) is 23.0 Å². The van der Waals surface area contributed by atoms with E-state index in [0.717, 1.165) is 24.6 Å². The molecule has 0 aliphatic carbocycles. The third-order valence-corrected chi connectivity index (χ3v) is 11.0.